The van der Waals surface area contributed by atoms with E-state index >= 15 is 0 Å². The quantitative estimate of drug-likeness (QED) is 0.702. The second-order valence-corrected chi connectivity index (χ2v) is 7.77. The Bertz CT molecular complexity index is 1100. The number of nitrogens with zero attached hydrogens (tertiary/aromatic N) is 2. The number of benzene rings is 2. The van der Waals surface area contributed by atoms with Crippen LogP contribution < -0.4 is 15.4 Å². The van der Waals surface area contributed by atoms with Crippen molar-refractivity contribution in [2.45, 2.75) is 12.1 Å². The minimum Gasteiger partial charge on any atom is -0.497 e. The van der Waals surface area contributed by atoms with E-state index in [1.54, 1.807) is 50.5 Å². The standard InChI is InChI=1S/C22H22N4O5/c1-25(2)18(27)13-4-7-15(8-5-13)22(20(29)23-21(30)24-22)12-26-11-14-6-9-16(31-3)10-17(14)19(26)28/h4-10H,11-12H2,1-3H3,(H2,23,24,29,30). The van der Waals surface area contributed by atoms with Gasteiger partial charge in [-0.2, -0.15) is 0 Å². The molecule has 0 bridgehead atoms. The van der Waals surface area contributed by atoms with Crippen molar-refractivity contribution in [1.82, 2.24) is 20.4 Å². The van der Waals surface area contributed by atoms with Crippen LogP contribution in [0.3, 0.4) is 0 Å². The normalized spacial score (nSPS) is 19.7. The van der Waals surface area contributed by atoms with Gasteiger partial charge < -0.3 is 19.9 Å². The Morgan fingerprint density at radius 3 is 2.42 bits per heavy atom. The van der Waals surface area contributed by atoms with Gasteiger partial charge >= 0.3 is 6.03 Å². The molecule has 0 aliphatic carbocycles. The van der Waals surface area contributed by atoms with E-state index in [1.165, 1.54) is 16.9 Å². The Kier molecular flexibility index (Phi) is 4.88. The van der Waals surface area contributed by atoms with Crippen molar-refractivity contribution in [3.05, 3.63) is 64.7 Å². The third kappa shape index (κ3) is 3.37. The number of methoxy groups -OCH3 is 1. The van der Waals surface area contributed by atoms with E-state index in [9.17, 15) is 19.2 Å². The third-order valence-electron chi connectivity index (χ3n) is 5.60. The molecular weight excluding hydrogens is 400 g/mol. The van der Waals surface area contributed by atoms with Gasteiger partial charge in [0.1, 0.15) is 5.75 Å². The van der Waals surface area contributed by atoms with E-state index in [0.717, 1.165) is 5.56 Å². The zero-order chi connectivity index (χ0) is 22.3. The number of nitrogens with one attached hydrogen (secondary N) is 2. The monoisotopic (exact) mass is 422 g/mol. The van der Waals surface area contributed by atoms with Gasteiger partial charge in [0.25, 0.3) is 17.7 Å². The zero-order valence-corrected chi connectivity index (χ0v) is 17.4. The minimum atomic E-state index is -1.46. The van der Waals surface area contributed by atoms with Crippen LogP contribution in [0.1, 0.15) is 31.8 Å². The molecule has 2 aliphatic rings. The first kappa shape index (κ1) is 20.4. The highest BCUT2D eigenvalue weighted by atomic mass is 16.5. The van der Waals surface area contributed by atoms with E-state index in [4.69, 9.17) is 4.74 Å². The van der Waals surface area contributed by atoms with Crippen molar-refractivity contribution in [2.75, 3.05) is 27.7 Å². The van der Waals surface area contributed by atoms with Gasteiger partial charge in [0, 0.05) is 31.8 Å². The van der Waals surface area contributed by atoms with Gasteiger partial charge in [-0.1, -0.05) is 18.2 Å². The van der Waals surface area contributed by atoms with Crippen molar-refractivity contribution in [2.24, 2.45) is 0 Å². The summed E-state index contributed by atoms with van der Waals surface area (Å²) in [6, 6.07) is 11.1. The average Bonchev–Trinajstić information content (AvgIpc) is 3.22. The van der Waals surface area contributed by atoms with Gasteiger partial charge in [-0.25, -0.2) is 4.79 Å². The van der Waals surface area contributed by atoms with Crippen LogP contribution in [-0.2, 0) is 16.9 Å². The number of hydrogen-bond acceptors (Lipinski definition) is 5. The summed E-state index contributed by atoms with van der Waals surface area (Å²) in [4.78, 5) is 53.1. The summed E-state index contributed by atoms with van der Waals surface area (Å²) in [5.74, 6) is -0.413. The molecule has 1 atom stereocenters. The third-order valence-corrected chi connectivity index (χ3v) is 5.60. The first-order valence-corrected chi connectivity index (χ1v) is 9.67. The zero-order valence-electron chi connectivity index (χ0n) is 17.4. The van der Waals surface area contributed by atoms with Crippen LogP contribution >= 0.6 is 0 Å². The highest BCUT2D eigenvalue weighted by Gasteiger charge is 2.50. The number of amides is 5. The lowest BCUT2D eigenvalue weighted by Gasteiger charge is -2.31. The molecule has 0 saturated carbocycles. The van der Waals surface area contributed by atoms with E-state index in [0.29, 0.717) is 29.0 Å². The van der Waals surface area contributed by atoms with Gasteiger partial charge in [0.2, 0.25) is 0 Å². The molecule has 0 spiro atoms. The number of rotatable bonds is 5. The highest BCUT2D eigenvalue weighted by molar-refractivity contribution is 6.08. The summed E-state index contributed by atoms with van der Waals surface area (Å²) < 4.78 is 5.20. The van der Waals surface area contributed by atoms with Gasteiger partial charge in [-0.05, 0) is 35.4 Å². The summed E-state index contributed by atoms with van der Waals surface area (Å²) in [6.07, 6.45) is 0. The van der Waals surface area contributed by atoms with Crippen molar-refractivity contribution < 1.29 is 23.9 Å². The first-order chi connectivity index (χ1) is 14.7. The Balaban J connectivity index is 1.67. The maximum absolute atomic E-state index is 13.0. The van der Waals surface area contributed by atoms with Crippen LogP contribution in [0.2, 0.25) is 0 Å². The number of carbonyl (C=O) groups is 4. The van der Waals surface area contributed by atoms with Gasteiger partial charge in [-0.15, -0.1) is 0 Å². The predicted octanol–water partition coefficient (Wildman–Crippen LogP) is 1.09. The molecule has 2 aromatic carbocycles. The van der Waals surface area contributed by atoms with Crippen molar-refractivity contribution in [3.8, 4) is 5.75 Å². The lowest BCUT2D eigenvalue weighted by atomic mass is 9.88. The van der Waals surface area contributed by atoms with Crippen LogP contribution in [0, 0.1) is 0 Å². The molecule has 0 aromatic heterocycles. The maximum atomic E-state index is 13.0. The van der Waals surface area contributed by atoms with Gasteiger partial charge in [-0.3, -0.25) is 19.7 Å². The number of fused-ring (bicyclic) bond motifs is 1. The number of imide groups is 1. The molecule has 2 heterocycles. The second-order valence-electron chi connectivity index (χ2n) is 7.77. The molecule has 4 rings (SSSR count). The van der Waals surface area contributed by atoms with Crippen molar-refractivity contribution in [3.63, 3.8) is 0 Å². The summed E-state index contributed by atoms with van der Waals surface area (Å²) in [7, 11) is 4.82. The first-order valence-electron chi connectivity index (χ1n) is 9.67. The summed E-state index contributed by atoms with van der Waals surface area (Å²) in [5, 5.41) is 4.96. The van der Waals surface area contributed by atoms with E-state index in [-0.39, 0.29) is 18.4 Å². The van der Waals surface area contributed by atoms with Gasteiger partial charge in [0.15, 0.2) is 5.54 Å². The van der Waals surface area contributed by atoms with Crippen molar-refractivity contribution >= 4 is 23.8 Å². The lowest BCUT2D eigenvalue weighted by molar-refractivity contribution is -0.124. The second kappa shape index (κ2) is 7.42. The molecule has 2 aliphatic heterocycles. The average molecular weight is 422 g/mol. The fourth-order valence-electron chi connectivity index (χ4n) is 3.93. The Morgan fingerprint density at radius 1 is 1.13 bits per heavy atom. The van der Waals surface area contributed by atoms with Crippen LogP contribution in [0.5, 0.6) is 5.75 Å². The molecule has 160 valence electrons. The molecule has 2 aromatic rings. The van der Waals surface area contributed by atoms with Crippen molar-refractivity contribution in [1.29, 1.82) is 0 Å². The Morgan fingerprint density at radius 2 is 1.84 bits per heavy atom. The van der Waals surface area contributed by atoms with E-state index in [1.807, 2.05) is 6.07 Å². The molecule has 2 N–H and O–H groups in total. The predicted molar refractivity (Wildman–Crippen MR) is 111 cm³/mol. The lowest BCUT2D eigenvalue weighted by Crippen LogP contribution is -2.52. The molecular formula is C22H22N4O5. The number of carbonyl (C=O) groups excluding carboxylic acids is 4. The fourth-order valence-corrected chi connectivity index (χ4v) is 3.93. The minimum absolute atomic E-state index is 0.0542. The number of ether oxygens (including phenoxy) is 1. The van der Waals surface area contributed by atoms with Crippen LogP contribution in [0.25, 0.3) is 0 Å². The largest absolute Gasteiger partial charge is 0.497 e. The Labute approximate surface area is 179 Å². The topological polar surface area (TPSA) is 108 Å². The van der Waals surface area contributed by atoms with Crippen LogP contribution in [-0.4, -0.2) is 61.3 Å². The summed E-state index contributed by atoms with van der Waals surface area (Å²) in [5.41, 5.74) is 0.792. The fraction of sp³-hybridized carbons (Fsp3) is 0.273. The van der Waals surface area contributed by atoms with E-state index in [2.05, 4.69) is 10.6 Å². The smallest absolute Gasteiger partial charge is 0.322 e. The number of hydrogen-bond donors (Lipinski definition) is 2. The summed E-state index contributed by atoms with van der Waals surface area (Å²) >= 11 is 0. The summed E-state index contributed by atoms with van der Waals surface area (Å²) in [6.45, 7) is 0.252. The highest BCUT2D eigenvalue weighted by Crippen LogP contribution is 2.32. The maximum Gasteiger partial charge on any atom is 0.322 e. The molecule has 1 unspecified atom stereocenters. The molecule has 31 heavy (non-hydrogen) atoms. The van der Waals surface area contributed by atoms with E-state index < -0.39 is 17.5 Å². The van der Waals surface area contributed by atoms with Crippen LogP contribution in [0.15, 0.2) is 42.5 Å². The SMILES string of the molecule is COc1ccc2c(c1)C(=O)N(CC1(c3ccc(C(=O)N(C)C)cc3)NC(=O)NC1=O)C2. The molecule has 1 fully saturated rings. The van der Waals surface area contributed by atoms with Crippen LogP contribution in [0.4, 0.5) is 4.79 Å². The molecule has 9 nitrogen and oxygen atoms in total. The number of urea groups is 1. The Hall–Kier alpha value is -3.88. The van der Waals surface area contributed by atoms with Gasteiger partial charge in [0.05, 0.1) is 13.7 Å². The molecule has 1 saturated heterocycles. The molecule has 5 amide bonds. The molecule has 9 heteroatoms. The molecule has 0 radical (unpaired) electrons.